The van der Waals surface area contributed by atoms with Crippen LogP contribution in [0.15, 0.2) is 18.5 Å². The van der Waals surface area contributed by atoms with Crippen molar-refractivity contribution in [1.29, 1.82) is 0 Å². The predicted molar refractivity (Wildman–Crippen MR) is 130 cm³/mol. The molecule has 1 unspecified atom stereocenters. The third kappa shape index (κ3) is 5.43. The number of halogens is 1. The van der Waals surface area contributed by atoms with Crippen LogP contribution in [0.3, 0.4) is 0 Å². The van der Waals surface area contributed by atoms with Crippen molar-refractivity contribution in [3.63, 3.8) is 0 Å². The smallest absolute Gasteiger partial charge is 0.223 e. The average molecular weight is 502 g/mol. The average Bonchev–Trinajstić information content (AvgIpc) is 2.69. The van der Waals surface area contributed by atoms with Gasteiger partial charge in [0, 0.05) is 31.0 Å². The van der Waals surface area contributed by atoms with Crippen LogP contribution in [0.25, 0.3) is 10.8 Å². The van der Waals surface area contributed by atoms with E-state index in [-0.39, 0.29) is 23.0 Å². The molecule has 2 atom stereocenters. The molecule has 0 aromatic carbocycles. The molecule has 0 amide bonds. The Hall–Kier alpha value is -1.29. The number of nitrogens with zero attached hydrogens (tertiary/aromatic N) is 2. The van der Waals surface area contributed by atoms with E-state index in [0.29, 0.717) is 30.3 Å². The third-order valence-electron chi connectivity index (χ3n) is 6.33. The lowest BCUT2D eigenvalue weighted by molar-refractivity contribution is 0.119. The number of pyridine rings is 2. The quantitative estimate of drug-likeness (QED) is 0.485. The SMILES string of the molecule is CCC[C@@H](CC(C)(C)S(N)=O)c1cnc(OC2CC(S(=O)(=O)CC)C2)c2cnc(Cl)cc12. The highest BCUT2D eigenvalue weighted by atomic mass is 35.5. The van der Waals surface area contributed by atoms with Gasteiger partial charge in [0.05, 0.1) is 26.4 Å². The monoisotopic (exact) mass is 501 g/mol. The molecule has 0 saturated heterocycles. The van der Waals surface area contributed by atoms with Crippen molar-refractivity contribution >= 4 is 43.2 Å². The second kappa shape index (κ2) is 9.91. The summed E-state index contributed by atoms with van der Waals surface area (Å²) in [6, 6.07) is 1.81. The first-order valence-corrected chi connectivity index (χ1v) is 14.3. The van der Waals surface area contributed by atoms with Crippen molar-refractivity contribution in [2.45, 2.75) is 81.8 Å². The summed E-state index contributed by atoms with van der Waals surface area (Å²) in [5.74, 6) is 0.667. The fraction of sp³-hybridized carbons (Fsp3) is 0.636. The van der Waals surface area contributed by atoms with E-state index in [4.69, 9.17) is 21.5 Å². The fourth-order valence-corrected chi connectivity index (χ4v) is 6.23. The topological polar surface area (TPSA) is 112 Å². The molecule has 2 aromatic heterocycles. The molecule has 0 aliphatic heterocycles. The Morgan fingerprint density at radius 3 is 2.53 bits per heavy atom. The first-order valence-electron chi connectivity index (χ1n) is 11.0. The maximum atomic E-state index is 12.1. The van der Waals surface area contributed by atoms with E-state index in [2.05, 4.69) is 16.9 Å². The number of hydrogen-bond acceptors (Lipinski definition) is 6. The summed E-state index contributed by atoms with van der Waals surface area (Å²) in [4.78, 5) is 8.80. The largest absolute Gasteiger partial charge is 0.474 e. The predicted octanol–water partition coefficient (Wildman–Crippen LogP) is 4.30. The van der Waals surface area contributed by atoms with E-state index in [0.717, 1.165) is 29.2 Å². The van der Waals surface area contributed by atoms with Crippen LogP contribution in [0.1, 0.15) is 71.3 Å². The van der Waals surface area contributed by atoms with Gasteiger partial charge in [-0.25, -0.2) is 22.6 Å². The molecular weight excluding hydrogens is 470 g/mol. The lowest BCUT2D eigenvalue weighted by Crippen LogP contribution is -2.43. The van der Waals surface area contributed by atoms with Gasteiger partial charge < -0.3 is 4.74 Å². The van der Waals surface area contributed by atoms with Crippen LogP contribution in [-0.2, 0) is 20.8 Å². The normalized spacial score (nSPS) is 21.2. The van der Waals surface area contributed by atoms with Crippen LogP contribution in [0.4, 0.5) is 0 Å². The van der Waals surface area contributed by atoms with E-state index in [1.807, 2.05) is 13.8 Å². The minimum atomic E-state index is -3.05. The zero-order chi connectivity index (χ0) is 23.7. The molecule has 1 fully saturated rings. The molecule has 2 aromatic rings. The molecule has 0 spiro atoms. The summed E-state index contributed by atoms with van der Waals surface area (Å²) in [6.07, 6.45) is 6.67. The Morgan fingerprint density at radius 2 is 1.94 bits per heavy atom. The van der Waals surface area contributed by atoms with Crippen molar-refractivity contribution in [2.24, 2.45) is 5.14 Å². The fourth-order valence-electron chi connectivity index (χ4n) is 4.22. The Kier molecular flexibility index (Phi) is 7.85. The molecule has 0 radical (unpaired) electrons. The number of sulfone groups is 1. The lowest BCUT2D eigenvalue weighted by atomic mass is 9.85. The zero-order valence-corrected chi connectivity index (χ0v) is 21.4. The van der Waals surface area contributed by atoms with Crippen LogP contribution in [-0.4, -0.2) is 44.4 Å². The summed E-state index contributed by atoms with van der Waals surface area (Å²) in [6.45, 7) is 7.59. The Labute approximate surface area is 198 Å². The van der Waals surface area contributed by atoms with E-state index >= 15 is 0 Å². The first-order chi connectivity index (χ1) is 15.0. The second-order valence-corrected chi connectivity index (χ2v) is 13.8. The summed E-state index contributed by atoms with van der Waals surface area (Å²) in [5.41, 5.74) is 0.997. The maximum Gasteiger partial charge on any atom is 0.223 e. The molecule has 1 aliphatic carbocycles. The summed E-state index contributed by atoms with van der Waals surface area (Å²) in [5, 5.41) is 7.40. The highest BCUT2D eigenvalue weighted by molar-refractivity contribution is 7.92. The van der Waals surface area contributed by atoms with Crippen molar-refractivity contribution < 1.29 is 17.4 Å². The van der Waals surface area contributed by atoms with Crippen molar-refractivity contribution in [3.05, 3.63) is 29.2 Å². The van der Waals surface area contributed by atoms with Crippen LogP contribution < -0.4 is 9.88 Å². The Morgan fingerprint density at radius 1 is 1.25 bits per heavy atom. The third-order valence-corrected chi connectivity index (χ3v) is 10.0. The number of hydrogen-bond donors (Lipinski definition) is 1. The molecule has 7 nitrogen and oxygen atoms in total. The van der Waals surface area contributed by atoms with Crippen LogP contribution in [0, 0.1) is 0 Å². The summed E-state index contributed by atoms with van der Waals surface area (Å²) in [7, 11) is -4.51. The molecule has 10 heteroatoms. The maximum absolute atomic E-state index is 12.1. The number of fused-ring (bicyclic) bond motifs is 1. The van der Waals surface area contributed by atoms with Gasteiger partial charge >= 0.3 is 0 Å². The lowest BCUT2D eigenvalue weighted by Gasteiger charge is -2.34. The van der Waals surface area contributed by atoms with E-state index < -0.39 is 25.6 Å². The standard InChI is InChI=1S/C22H32ClN3O4S2/c1-5-7-14(11-22(3,4)31(24)27)18-12-26-21(19-13-25-20(23)10-17(18)19)30-15-8-16(9-15)32(28,29)6-2/h10,12-16H,5-9,11,24H2,1-4H3/t14-,15?,16?,31?/m0/s1. The summed E-state index contributed by atoms with van der Waals surface area (Å²) < 4.78 is 41.7. The molecule has 3 rings (SSSR count). The van der Waals surface area contributed by atoms with Gasteiger partial charge in [-0.3, -0.25) is 5.14 Å². The van der Waals surface area contributed by atoms with Gasteiger partial charge in [0.15, 0.2) is 9.84 Å². The van der Waals surface area contributed by atoms with Gasteiger partial charge in [-0.05, 0) is 49.6 Å². The molecule has 0 bridgehead atoms. The number of ether oxygens (including phenoxy) is 1. The van der Waals surface area contributed by atoms with Gasteiger partial charge in [0.1, 0.15) is 11.3 Å². The van der Waals surface area contributed by atoms with Crippen LogP contribution >= 0.6 is 11.6 Å². The van der Waals surface area contributed by atoms with Crippen molar-refractivity contribution in [2.75, 3.05) is 5.75 Å². The molecule has 178 valence electrons. The molecule has 1 aliphatic rings. The van der Waals surface area contributed by atoms with Crippen LogP contribution in [0.5, 0.6) is 5.88 Å². The van der Waals surface area contributed by atoms with Gasteiger partial charge in [0.25, 0.3) is 0 Å². The molecule has 1 saturated carbocycles. The molecular formula is C22H32ClN3O4S2. The van der Waals surface area contributed by atoms with Gasteiger partial charge in [-0.15, -0.1) is 0 Å². The molecule has 2 heterocycles. The van der Waals surface area contributed by atoms with E-state index in [1.54, 1.807) is 25.4 Å². The number of aromatic nitrogens is 2. The van der Waals surface area contributed by atoms with Gasteiger partial charge in [0.2, 0.25) is 5.88 Å². The Balaban J connectivity index is 1.93. The van der Waals surface area contributed by atoms with Gasteiger partial charge in [-0.2, -0.15) is 0 Å². The van der Waals surface area contributed by atoms with Crippen LogP contribution in [0.2, 0.25) is 5.15 Å². The molecule has 32 heavy (non-hydrogen) atoms. The van der Waals surface area contributed by atoms with E-state index in [9.17, 15) is 12.6 Å². The van der Waals surface area contributed by atoms with E-state index in [1.165, 1.54) is 0 Å². The second-order valence-electron chi connectivity index (χ2n) is 9.10. The Bertz CT molecular complexity index is 1100. The number of nitrogens with two attached hydrogens (primary N) is 1. The van der Waals surface area contributed by atoms with Gasteiger partial charge in [-0.1, -0.05) is 31.9 Å². The highest BCUT2D eigenvalue weighted by Crippen LogP contribution is 2.39. The first kappa shape index (κ1) is 25.3. The van der Waals surface area contributed by atoms with Crippen molar-refractivity contribution in [3.8, 4) is 5.88 Å². The summed E-state index contributed by atoms with van der Waals surface area (Å²) >= 11 is 6.23. The number of rotatable bonds is 10. The van der Waals surface area contributed by atoms with Crippen molar-refractivity contribution in [1.82, 2.24) is 9.97 Å². The highest BCUT2D eigenvalue weighted by Gasteiger charge is 2.39. The minimum absolute atomic E-state index is 0.0906. The molecule has 2 N–H and O–H groups in total. The minimum Gasteiger partial charge on any atom is -0.474 e. The zero-order valence-electron chi connectivity index (χ0n) is 19.0.